The molecule has 3 aromatic rings. The van der Waals surface area contributed by atoms with Gasteiger partial charge in [-0.1, -0.05) is 0 Å². The highest BCUT2D eigenvalue weighted by Gasteiger charge is 2.25. The number of nitrogen functional groups attached to an aromatic ring is 1. The molecule has 0 atom stereocenters. The van der Waals surface area contributed by atoms with Crippen LogP contribution in [0.5, 0.6) is 5.75 Å². The summed E-state index contributed by atoms with van der Waals surface area (Å²) in [6, 6.07) is 7.14. The quantitative estimate of drug-likeness (QED) is 0.211. The van der Waals surface area contributed by atoms with E-state index >= 15 is 0 Å². The van der Waals surface area contributed by atoms with Crippen LogP contribution in [-0.4, -0.2) is 46.0 Å². The molecule has 0 aliphatic heterocycles. The second-order valence-electron chi connectivity index (χ2n) is 6.51. The van der Waals surface area contributed by atoms with Crippen molar-refractivity contribution >= 4 is 58.2 Å². The van der Waals surface area contributed by atoms with E-state index in [1.807, 2.05) is 0 Å². The van der Waals surface area contributed by atoms with Gasteiger partial charge in [-0.05, 0) is 36.4 Å². The molecule has 0 aliphatic carbocycles. The van der Waals surface area contributed by atoms with Crippen molar-refractivity contribution in [2.45, 2.75) is 14.7 Å². The Morgan fingerprint density at radius 3 is 1.82 bits per heavy atom. The minimum absolute atomic E-state index is 0.214. The molecule has 0 spiro atoms. The Kier molecular flexibility index (Phi) is 6.18. The average molecular weight is 518 g/mol. The van der Waals surface area contributed by atoms with E-state index in [1.54, 1.807) is 0 Å². The molecule has 0 bridgehead atoms. The van der Waals surface area contributed by atoms with Gasteiger partial charge in [0.1, 0.15) is 15.5 Å². The number of hydrogen-bond acceptors (Lipinski definition) is 10. The summed E-state index contributed by atoms with van der Waals surface area (Å²) in [5.41, 5.74) is 5.95. The topological polar surface area (TPSA) is 223 Å². The lowest BCUT2D eigenvalue weighted by atomic mass is 10.1. The van der Waals surface area contributed by atoms with E-state index in [1.165, 1.54) is 25.3 Å². The third kappa shape index (κ3) is 5.27. The predicted molar refractivity (Wildman–Crippen MR) is 115 cm³/mol. The number of nitrogens with two attached hydrogens (primary N) is 1. The molecule has 0 saturated heterocycles. The second-order valence-corrected chi connectivity index (χ2v) is 10.7. The third-order valence-corrected chi connectivity index (χ3v) is 6.92. The number of ether oxygens (including phenoxy) is 1. The largest absolute Gasteiger partial charge is 0.495 e. The smallest absolute Gasteiger partial charge is 0.295 e. The zero-order valence-electron chi connectivity index (χ0n) is 16.4. The molecule has 16 heteroatoms. The van der Waals surface area contributed by atoms with Crippen molar-refractivity contribution < 1.29 is 43.6 Å². The van der Waals surface area contributed by atoms with Gasteiger partial charge in [0.2, 0.25) is 0 Å². The van der Waals surface area contributed by atoms with Crippen molar-refractivity contribution in [1.29, 1.82) is 0 Å². The monoisotopic (exact) mass is 517 g/mol. The number of hydrogen-bond donors (Lipinski definition) is 4. The third-order valence-electron chi connectivity index (χ3n) is 4.30. The maximum atomic E-state index is 11.9. The van der Waals surface area contributed by atoms with Gasteiger partial charge in [0.05, 0.1) is 29.1 Å². The van der Waals surface area contributed by atoms with E-state index in [0.29, 0.717) is 17.8 Å². The first kappa shape index (κ1) is 24.5. The molecule has 0 aliphatic rings. The SMILES string of the molecule is COc1cc(N=Nc2cc(S(=O)(=O)O)c3cc(S(=O)(=O)O)cc(S(=O)(=O)O)c3c2)ccc1N. The average Bonchev–Trinajstić information content (AvgIpc) is 2.69. The number of nitrogens with zero attached hydrogens (tertiary/aromatic N) is 2. The summed E-state index contributed by atoms with van der Waals surface area (Å²) >= 11 is 0. The van der Waals surface area contributed by atoms with Crippen LogP contribution in [-0.2, 0) is 30.4 Å². The van der Waals surface area contributed by atoms with Crippen LogP contribution in [0.15, 0.2) is 67.4 Å². The molecule has 0 saturated carbocycles. The van der Waals surface area contributed by atoms with Gasteiger partial charge < -0.3 is 10.5 Å². The van der Waals surface area contributed by atoms with Crippen molar-refractivity contribution in [2.75, 3.05) is 12.8 Å². The lowest BCUT2D eigenvalue weighted by Gasteiger charge is -2.11. The zero-order valence-corrected chi connectivity index (χ0v) is 18.9. The molecule has 5 N–H and O–H groups in total. The first-order valence-electron chi connectivity index (χ1n) is 8.51. The standard InChI is InChI=1S/C17H15N3O10S3/c1-30-15-5-9(2-3-14(15)18)19-20-10-4-12-13(16(6-10)32(24,25)26)7-11(31(21,22)23)8-17(12)33(27,28)29/h2-8H,18H2,1H3,(H,21,22,23)(H,24,25,26)(H,27,28,29). The molecule has 0 heterocycles. The maximum Gasteiger partial charge on any atom is 0.295 e. The van der Waals surface area contributed by atoms with Gasteiger partial charge >= 0.3 is 0 Å². The number of fused-ring (bicyclic) bond motifs is 1. The van der Waals surface area contributed by atoms with E-state index in [0.717, 1.165) is 12.1 Å². The number of anilines is 1. The lowest BCUT2D eigenvalue weighted by molar-refractivity contribution is 0.417. The molecule has 176 valence electrons. The zero-order chi connectivity index (χ0) is 24.8. The second kappa shape index (κ2) is 8.32. The fourth-order valence-corrected chi connectivity index (χ4v) is 4.91. The van der Waals surface area contributed by atoms with E-state index in [-0.39, 0.29) is 17.1 Å². The van der Waals surface area contributed by atoms with Gasteiger partial charge in [0.15, 0.2) is 0 Å². The molecule has 0 fully saturated rings. The molecule has 33 heavy (non-hydrogen) atoms. The fraction of sp³-hybridized carbons (Fsp3) is 0.0588. The summed E-state index contributed by atoms with van der Waals surface area (Å²) in [6.45, 7) is 0. The molecule has 3 rings (SSSR count). The van der Waals surface area contributed by atoms with Crippen molar-refractivity contribution in [3.8, 4) is 5.75 Å². The Morgan fingerprint density at radius 1 is 0.727 bits per heavy atom. The summed E-state index contributed by atoms with van der Waals surface area (Å²) in [7, 11) is -13.8. The molecule has 3 aromatic carbocycles. The van der Waals surface area contributed by atoms with Crippen LogP contribution in [0.1, 0.15) is 0 Å². The molecule has 0 unspecified atom stereocenters. The normalized spacial score (nSPS) is 13.0. The summed E-state index contributed by atoms with van der Waals surface area (Å²) in [6.07, 6.45) is 0. The Labute approximate surface area is 187 Å². The molecular formula is C17H15N3O10S3. The lowest BCUT2D eigenvalue weighted by Crippen LogP contribution is -2.07. The number of benzene rings is 3. The first-order valence-corrected chi connectivity index (χ1v) is 12.8. The highest BCUT2D eigenvalue weighted by atomic mass is 32.2. The number of methoxy groups -OCH3 is 1. The molecular weight excluding hydrogens is 502 g/mol. The van der Waals surface area contributed by atoms with Gasteiger partial charge in [-0.15, -0.1) is 0 Å². The van der Waals surface area contributed by atoms with Crippen LogP contribution in [0, 0.1) is 0 Å². The van der Waals surface area contributed by atoms with Crippen molar-refractivity contribution in [3.05, 3.63) is 42.5 Å². The molecule has 0 radical (unpaired) electrons. The summed E-state index contributed by atoms with van der Waals surface area (Å²) in [5, 5.41) is 6.55. The highest BCUT2D eigenvalue weighted by Crippen LogP contribution is 2.36. The molecule has 0 amide bonds. The van der Waals surface area contributed by atoms with Gasteiger partial charge in [0.25, 0.3) is 30.4 Å². The van der Waals surface area contributed by atoms with Crippen molar-refractivity contribution in [3.63, 3.8) is 0 Å². The van der Waals surface area contributed by atoms with Gasteiger partial charge in [0, 0.05) is 16.8 Å². The highest BCUT2D eigenvalue weighted by molar-refractivity contribution is 7.87. The molecule has 13 nitrogen and oxygen atoms in total. The summed E-state index contributed by atoms with van der Waals surface area (Å²) in [5.74, 6) is 0.273. The van der Waals surface area contributed by atoms with Crippen molar-refractivity contribution in [2.24, 2.45) is 10.2 Å². The van der Waals surface area contributed by atoms with Crippen LogP contribution < -0.4 is 10.5 Å². The van der Waals surface area contributed by atoms with Gasteiger partial charge in [-0.2, -0.15) is 35.5 Å². The Hall–Kier alpha value is -3.15. The van der Waals surface area contributed by atoms with Crippen LogP contribution in [0.2, 0.25) is 0 Å². The van der Waals surface area contributed by atoms with E-state index in [2.05, 4.69) is 10.2 Å². The minimum atomic E-state index is -5.13. The van der Waals surface area contributed by atoms with E-state index < -0.39 is 55.8 Å². The maximum absolute atomic E-state index is 11.9. The predicted octanol–water partition coefficient (Wildman–Crippen LogP) is 2.59. The number of azo groups is 1. The van der Waals surface area contributed by atoms with E-state index in [4.69, 9.17) is 10.5 Å². The van der Waals surface area contributed by atoms with Crippen LogP contribution in [0.25, 0.3) is 10.8 Å². The van der Waals surface area contributed by atoms with E-state index in [9.17, 15) is 38.9 Å². The Balaban J connectivity index is 2.36. The Bertz CT molecular complexity index is 1630. The van der Waals surface area contributed by atoms with Gasteiger partial charge in [-0.3, -0.25) is 13.7 Å². The summed E-state index contributed by atoms with van der Waals surface area (Å²) in [4.78, 5) is -3.03. The summed E-state index contributed by atoms with van der Waals surface area (Å²) < 4.78 is 104. The minimum Gasteiger partial charge on any atom is -0.495 e. The number of rotatable bonds is 6. The molecule has 0 aromatic heterocycles. The van der Waals surface area contributed by atoms with Crippen molar-refractivity contribution in [1.82, 2.24) is 0 Å². The fourth-order valence-electron chi connectivity index (χ4n) is 2.87. The van der Waals surface area contributed by atoms with Crippen LogP contribution in [0.3, 0.4) is 0 Å². The van der Waals surface area contributed by atoms with Gasteiger partial charge in [-0.25, -0.2) is 0 Å². The van der Waals surface area contributed by atoms with Crippen LogP contribution >= 0.6 is 0 Å². The Morgan fingerprint density at radius 2 is 1.27 bits per heavy atom. The van der Waals surface area contributed by atoms with Crippen LogP contribution in [0.4, 0.5) is 17.1 Å². The first-order chi connectivity index (χ1) is 15.1.